The van der Waals surface area contributed by atoms with Crippen molar-refractivity contribution in [1.82, 2.24) is 14.8 Å². The van der Waals surface area contributed by atoms with Gasteiger partial charge in [0.2, 0.25) is 0 Å². The number of aromatic nitrogens is 1. The molecule has 0 spiro atoms. The fraction of sp³-hybridized carbons (Fsp3) is 0.737. The van der Waals surface area contributed by atoms with E-state index in [0.29, 0.717) is 12.1 Å². The number of likely N-dealkylation sites (tertiary alicyclic amines) is 2. The van der Waals surface area contributed by atoms with E-state index in [0.717, 1.165) is 0 Å². The van der Waals surface area contributed by atoms with Crippen LogP contribution < -0.4 is 0 Å². The fourth-order valence-corrected chi connectivity index (χ4v) is 3.92. The van der Waals surface area contributed by atoms with Crippen LogP contribution in [-0.4, -0.2) is 41.0 Å². The summed E-state index contributed by atoms with van der Waals surface area (Å²) in [5, 5.41) is 0. The van der Waals surface area contributed by atoms with Crippen molar-refractivity contribution in [3.05, 3.63) is 29.6 Å². The van der Waals surface area contributed by atoms with E-state index in [-0.39, 0.29) is 0 Å². The molecule has 0 bridgehead atoms. The van der Waals surface area contributed by atoms with Gasteiger partial charge in [0.05, 0.1) is 11.4 Å². The highest BCUT2D eigenvalue weighted by Crippen LogP contribution is 2.26. The second-order valence-electron chi connectivity index (χ2n) is 7.03. The van der Waals surface area contributed by atoms with Crippen molar-refractivity contribution in [2.45, 2.75) is 64.5 Å². The summed E-state index contributed by atoms with van der Waals surface area (Å²) in [6.07, 6.45) is 8.15. The van der Waals surface area contributed by atoms with Gasteiger partial charge in [-0.1, -0.05) is 18.9 Å². The highest BCUT2D eigenvalue weighted by atomic mass is 15.2. The minimum atomic E-state index is 0.453. The van der Waals surface area contributed by atoms with Gasteiger partial charge in [-0.25, -0.2) is 0 Å². The van der Waals surface area contributed by atoms with Crippen molar-refractivity contribution in [3.8, 4) is 0 Å². The molecular formula is C19H31N3. The summed E-state index contributed by atoms with van der Waals surface area (Å²) >= 11 is 0. The molecular weight excluding hydrogens is 270 g/mol. The molecule has 2 fully saturated rings. The third-order valence-corrected chi connectivity index (χ3v) is 5.52. The van der Waals surface area contributed by atoms with Crippen molar-refractivity contribution in [1.29, 1.82) is 0 Å². The average Bonchev–Trinajstić information content (AvgIpc) is 2.62. The lowest BCUT2D eigenvalue weighted by Crippen LogP contribution is -2.34. The first-order valence-corrected chi connectivity index (χ1v) is 9.20. The molecule has 0 N–H and O–H groups in total. The average molecular weight is 301 g/mol. The molecule has 2 atom stereocenters. The highest BCUT2D eigenvalue weighted by molar-refractivity contribution is 5.16. The first-order valence-electron chi connectivity index (χ1n) is 9.20. The second kappa shape index (κ2) is 7.56. The summed E-state index contributed by atoms with van der Waals surface area (Å²) in [5.74, 6) is 0. The lowest BCUT2D eigenvalue weighted by molar-refractivity contribution is 0.165. The number of hydrogen-bond donors (Lipinski definition) is 0. The molecule has 22 heavy (non-hydrogen) atoms. The van der Waals surface area contributed by atoms with Gasteiger partial charge in [0.15, 0.2) is 0 Å². The number of pyridine rings is 1. The third kappa shape index (κ3) is 3.69. The zero-order valence-electron chi connectivity index (χ0n) is 14.3. The molecule has 0 saturated carbocycles. The Bertz CT molecular complexity index is 422. The Balaban J connectivity index is 1.70. The van der Waals surface area contributed by atoms with Crippen molar-refractivity contribution < 1.29 is 0 Å². The van der Waals surface area contributed by atoms with Gasteiger partial charge >= 0.3 is 0 Å². The van der Waals surface area contributed by atoms with Gasteiger partial charge in [-0.3, -0.25) is 14.8 Å². The van der Waals surface area contributed by atoms with Crippen LogP contribution in [0, 0.1) is 0 Å². The SMILES string of the molecule is C[C@H](c1cccc([C@@H](C)N2CCCCC2)n1)N1CCCCC1. The van der Waals surface area contributed by atoms with Crippen LogP contribution in [-0.2, 0) is 0 Å². The van der Waals surface area contributed by atoms with Crippen molar-refractivity contribution in [2.24, 2.45) is 0 Å². The Kier molecular flexibility index (Phi) is 5.48. The highest BCUT2D eigenvalue weighted by Gasteiger charge is 2.22. The molecule has 3 rings (SSSR count). The molecule has 122 valence electrons. The van der Waals surface area contributed by atoms with Crippen LogP contribution in [0.25, 0.3) is 0 Å². The molecule has 0 aliphatic carbocycles. The van der Waals surface area contributed by atoms with Crippen LogP contribution in [0.15, 0.2) is 18.2 Å². The molecule has 0 radical (unpaired) electrons. The van der Waals surface area contributed by atoms with E-state index in [9.17, 15) is 0 Å². The van der Waals surface area contributed by atoms with Crippen molar-refractivity contribution in [3.63, 3.8) is 0 Å². The van der Waals surface area contributed by atoms with E-state index in [4.69, 9.17) is 4.98 Å². The molecule has 3 nitrogen and oxygen atoms in total. The van der Waals surface area contributed by atoms with Crippen LogP contribution in [0.5, 0.6) is 0 Å². The standard InChI is InChI=1S/C19H31N3/c1-16(21-12-5-3-6-13-21)18-10-9-11-19(20-18)17(2)22-14-7-4-8-15-22/h9-11,16-17H,3-8,12-15H2,1-2H3/t16-,17-/m1/s1. The third-order valence-electron chi connectivity index (χ3n) is 5.52. The first kappa shape index (κ1) is 15.9. The molecule has 2 aliphatic rings. The Labute approximate surface area is 135 Å². The summed E-state index contributed by atoms with van der Waals surface area (Å²) in [5.41, 5.74) is 2.51. The van der Waals surface area contributed by atoms with Gasteiger partial charge in [0.25, 0.3) is 0 Å². The van der Waals surface area contributed by atoms with Gasteiger partial charge < -0.3 is 0 Å². The van der Waals surface area contributed by atoms with Gasteiger partial charge in [0.1, 0.15) is 0 Å². The molecule has 1 aromatic heterocycles. The number of hydrogen-bond acceptors (Lipinski definition) is 3. The Morgan fingerprint density at radius 3 is 1.55 bits per heavy atom. The van der Waals surface area contributed by atoms with Gasteiger partial charge in [-0.2, -0.15) is 0 Å². The number of rotatable bonds is 4. The predicted molar refractivity (Wildman–Crippen MR) is 91.9 cm³/mol. The van der Waals surface area contributed by atoms with E-state index < -0.39 is 0 Å². The molecule has 0 unspecified atom stereocenters. The molecule has 1 aromatic rings. The van der Waals surface area contributed by atoms with Crippen LogP contribution in [0.1, 0.15) is 75.8 Å². The molecule has 2 saturated heterocycles. The molecule has 0 aromatic carbocycles. The monoisotopic (exact) mass is 301 g/mol. The van der Waals surface area contributed by atoms with E-state index in [1.807, 2.05) is 0 Å². The normalized spacial score (nSPS) is 24.1. The van der Waals surface area contributed by atoms with Crippen LogP contribution in [0.4, 0.5) is 0 Å². The summed E-state index contributed by atoms with van der Waals surface area (Å²) in [7, 11) is 0. The predicted octanol–water partition coefficient (Wildman–Crippen LogP) is 4.18. The zero-order chi connectivity index (χ0) is 15.4. The van der Waals surface area contributed by atoms with Crippen molar-refractivity contribution in [2.75, 3.05) is 26.2 Å². The maximum absolute atomic E-state index is 5.04. The largest absolute Gasteiger partial charge is 0.295 e. The number of nitrogens with zero attached hydrogens (tertiary/aromatic N) is 3. The maximum Gasteiger partial charge on any atom is 0.0576 e. The van der Waals surface area contributed by atoms with E-state index in [1.165, 1.54) is 76.1 Å². The maximum atomic E-state index is 5.04. The fourth-order valence-electron chi connectivity index (χ4n) is 3.92. The zero-order valence-corrected chi connectivity index (χ0v) is 14.3. The summed E-state index contributed by atoms with van der Waals surface area (Å²) in [6.45, 7) is 9.57. The van der Waals surface area contributed by atoms with Gasteiger partial charge in [-0.15, -0.1) is 0 Å². The lowest BCUT2D eigenvalue weighted by Gasteiger charge is -2.34. The molecule has 2 aliphatic heterocycles. The van der Waals surface area contributed by atoms with E-state index >= 15 is 0 Å². The van der Waals surface area contributed by atoms with E-state index in [1.54, 1.807) is 0 Å². The minimum absolute atomic E-state index is 0.453. The lowest BCUT2D eigenvalue weighted by atomic mass is 10.0. The Morgan fingerprint density at radius 1 is 0.727 bits per heavy atom. The van der Waals surface area contributed by atoms with Crippen LogP contribution in [0.2, 0.25) is 0 Å². The quantitative estimate of drug-likeness (QED) is 0.832. The molecule has 3 heterocycles. The summed E-state index contributed by atoms with van der Waals surface area (Å²) in [6, 6.07) is 7.54. The van der Waals surface area contributed by atoms with Crippen LogP contribution in [0.3, 0.4) is 0 Å². The molecule has 3 heteroatoms. The minimum Gasteiger partial charge on any atom is -0.295 e. The smallest absolute Gasteiger partial charge is 0.0576 e. The number of piperidine rings is 2. The summed E-state index contributed by atoms with van der Waals surface area (Å²) in [4.78, 5) is 10.2. The second-order valence-corrected chi connectivity index (χ2v) is 7.03. The Morgan fingerprint density at radius 2 is 1.14 bits per heavy atom. The molecule has 0 amide bonds. The van der Waals surface area contributed by atoms with Crippen molar-refractivity contribution >= 4 is 0 Å². The summed E-state index contributed by atoms with van der Waals surface area (Å²) < 4.78 is 0. The topological polar surface area (TPSA) is 19.4 Å². The van der Waals surface area contributed by atoms with Crippen LogP contribution >= 0.6 is 0 Å². The van der Waals surface area contributed by atoms with Gasteiger partial charge in [0, 0.05) is 12.1 Å². The Hall–Kier alpha value is -0.930. The van der Waals surface area contributed by atoms with E-state index in [2.05, 4.69) is 41.8 Å². The van der Waals surface area contributed by atoms with Gasteiger partial charge in [-0.05, 0) is 77.8 Å². The first-order chi connectivity index (χ1) is 10.8.